The van der Waals surface area contributed by atoms with Gasteiger partial charge in [0.2, 0.25) is 5.88 Å². The predicted octanol–water partition coefficient (Wildman–Crippen LogP) is 1.08. The van der Waals surface area contributed by atoms with Crippen LogP contribution in [0.15, 0.2) is 54.7 Å². The van der Waals surface area contributed by atoms with Gasteiger partial charge in [0, 0.05) is 29.8 Å². The van der Waals surface area contributed by atoms with Crippen molar-refractivity contribution in [3.8, 4) is 22.8 Å². The molecule has 4 aromatic rings. The average Bonchev–Trinajstić information content (AvgIpc) is 3.30. The van der Waals surface area contributed by atoms with E-state index in [0.717, 1.165) is 12.1 Å². The molecule has 0 atom stereocenters. The molecule has 0 bridgehead atoms. The number of ether oxygens (including phenoxy) is 2. The van der Waals surface area contributed by atoms with Crippen molar-refractivity contribution < 1.29 is 37.3 Å². The molecule has 0 unspecified atom stereocenters. The molecule has 2 heterocycles. The van der Waals surface area contributed by atoms with Crippen molar-refractivity contribution in [2.75, 3.05) is 7.05 Å². The van der Waals surface area contributed by atoms with Crippen LogP contribution >= 0.6 is 0 Å². The third kappa shape index (κ3) is 6.85. The first-order valence-corrected chi connectivity index (χ1v) is 11.5. The molecule has 4 N–H and O–H groups in total. The van der Waals surface area contributed by atoms with Gasteiger partial charge in [-0.25, -0.2) is 4.98 Å². The maximum Gasteiger partial charge on any atom is 0.573 e. The fourth-order valence-electron chi connectivity index (χ4n) is 3.84. The summed E-state index contributed by atoms with van der Waals surface area (Å²) in [5.74, 6) is -2.80. The molecule has 200 valence electrons. The van der Waals surface area contributed by atoms with Crippen LogP contribution in [0.5, 0.6) is 11.6 Å². The number of H-pyrrole nitrogens is 1. The lowest BCUT2D eigenvalue weighted by molar-refractivity contribution is -0.275. The van der Waals surface area contributed by atoms with Crippen molar-refractivity contribution in [1.82, 2.24) is 25.8 Å². The summed E-state index contributed by atoms with van der Waals surface area (Å²) >= 11 is 0. The van der Waals surface area contributed by atoms with E-state index in [1.165, 1.54) is 31.4 Å². The first-order chi connectivity index (χ1) is 19.1. The summed E-state index contributed by atoms with van der Waals surface area (Å²) in [5.41, 5.74) is -2.12. The number of carbonyl (C=O) groups is 2. The second-order valence-corrected chi connectivity index (χ2v) is 8.71. The number of pyridine rings is 1. The Morgan fingerprint density at radius 3 is 2.34 bits per heavy atom. The number of aromatic nitrogens is 3. The van der Waals surface area contributed by atoms with E-state index in [1.54, 1.807) is 18.2 Å². The zero-order chi connectivity index (χ0) is 30.2. The molecule has 17 heteroatoms. The quantitative estimate of drug-likeness (QED) is 0.189. The van der Waals surface area contributed by atoms with E-state index in [4.69, 9.17) is 36.1 Å². The van der Waals surface area contributed by atoms with Crippen molar-refractivity contribution in [3.63, 3.8) is 0 Å². The van der Waals surface area contributed by atoms with Gasteiger partial charge in [-0.15, -0.1) is 13.2 Å². The molecule has 0 saturated carbocycles. The van der Waals surface area contributed by atoms with Crippen LogP contribution in [0.2, 0.25) is 0 Å². The van der Waals surface area contributed by atoms with Crippen LogP contribution < -0.4 is 20.1 Å². The molecule has 0 aliphatic rings. The van der Waals surface area contributed by atoms with Crippen LogP contribution in [0.25, 0.3) is 22.0 Å². The highest BCUT2D eigenvalue weighted by molar-refractivity contribution is 6.41. The lowest BCUT2D eigenvalue weighted by atomic mass is 9.57. The van der Waals surface area contributed by atoms with E-state index in [9.17, 15) is 27.9 Å². The van der Waals surface area contributed by atoms with E-state index in [-0.39, 0.29) is 5.69 Å². The second kappa shape index (κ2) is 10.9. The van der Waals surface area contributed by atoms with Crippen LogP contribution in [-0.4, -0.2) is 82.5 Å². The summed E-state index contributed by atoms with van der Waals surface area (Å²) in [6.45, 7) is 0. The van der Waals surface area contributed by atoms with Crippen molar-refractivity contribution in [2.45, 2.75) is 17.3 Å². The highest BCUT2D eigenvalue weighted by Gasteiger charge is 2.35. The zero-order valence-corrected chi connectivity index (χ0v) is 21.1. The number of aliphatic hydroxyl groups is 1. The van der Waals surface area contributed by atoms with E-state index < -0.39 is 51.9 Å². The van der Waals surface area contributed by atoms with Crippen LogP contribution in [0.4, 0.5) is 13.2 Å². The standard InChI is InChI=1S/C24H16B4F3N5O5/c1-32-20(38)18-13-7-6-11(9-16(13)35-36-18)12-8-14(21(33-10-12)41-23(27,28)39)19(37)34-22(25,26)15-4-2-3-5-17(15)40-24(29,30)31/h2-10,39H,1H3,(H,32,38)(H,34,37)(H,35,36). The minimum atomic E-state index is -5.07. The summed E-state index contributed by atoms with van der Waals surface area (Å²) < 4.78 is 47.7. The van der Waals surface area contributed by atoms with Crippen molar-refractivity contribution in [2.24, 2.45) is 0 Å². The Hall–Kier alpha value is -4.39. The molecule has 0 aliphatic heterocycles. The Kier molecular flexibility index (Phi) is 7.85. The Labute approximate surface area is 236 Å². The van der Waals surface area contributed by atoms with E-state index >= 15 is 0 Å². The molecule has 2 aromatic heterocycles. The highest BCUT2D eigenvalue weighted by atomic mass is 19.4. The third-order valence-corrected chi connectivity index (χ3v) is 5.57. The summed E-state index contributed by atoms with van der Waals surface area (Å²) in [4.78, 5) is 29.4. The molecule has 0 spiro atoms. The SMILES string of the molecule is [B]C([B])(O)Oc1ncc(-c2ccc3c(C(=O)NC)n[nH]c3c2)cc1C(=O)NC([B])([B])c1ccccc1OC(F)(F)F. The number of hydrogen-bond acceptors (Lipinski definition) is 7. The molecule has 0 aliphatic carbocycles. The number of amides is 2. The number of para-hydroxylation sites is 1. The van der Waals surface area contributed by atoms with Crippen molar-refractivity contribution in [3.05, 3.63) is 71.5 Å². The number of aromatic amines is 1. The maximum absolute atomic E-state index is 13.4. The molecular weight excluding hydrogens is 539 g/mol. The number of rotatable bonds is 8. The number of fused-ring (bicyclic) bond motifs is 1. The minimum Gasteiger partial charge on any atom is -0.465 e. The highest BCUT2D eigenvalue weighted by Crippen LogP contribution is 2.32. The predicted molar refractivity (Wildman–Crippen MR) is 144 cm³/mol. The summed E-state index contributed by atoms with van der Waals surface area (Å²) in [6.07, 6.45) is -3.81. The lowest BCUT2D eigenvalue weighted by Gasteiger charge is -2.31. The number of carbonyl (C=O) groups excluding carboxylic acids is 2. The lowest BCUT2D eigenvalue weighted by Crippen LogP contribution is -2.47. The topological polar surface area (TPSA) is 138 Å². The Morgan fingerprint density at radius 1 is 0.976 bits per heavy atom. The summed E-state index contributed by atoms with van der Waals surface area (Å²) in [6, 6.07) is 10.8. The van der Waals surface area contributed by atoms with Crippen molar-refractivity contribution in [1.29, 1.82) is 0 Å². The Morgan fingerprint density at radius 2 is 1.68 bits per heavy atom. The van der Waals surface area contributed by atoms with E-state index in [0.29, 0.717) is 22.0 Å². The van der Waals surface area contributed by atoms with Gasteiger partial charge in [-0.3, -0.25) is 14.7 Å². The molecule has 41 heavy (non-hydrogen) atoms. The molecule has 8 radical (unpaired) electrons. The van der Waals surface area contributed by atoms with Crippen LogP contribution in [0.3, 0.4) is 0 Å². The van der Waals surface area contributed by atoms with Gasteiger partial charge in [0.25, 0.3) is 11.8 Å². The smallest absolute Gasteiger partial charge is 0.465 e. The molecule has 2 aromatic carbocycles. The number of nitrogens with one attached hydrogen (secondary N) is 3. The number of halogens is 3. The van der Waals surface area contributed by atoms with Crippen LogP contribution in [0.1, 0.15) is 26.4 Å². The number of nitrogens with zero attached hydrogens (tertiary/aromatic N) is 2. The third-order valence-electron chi connectivity index (χ3n) is 5.57. The summed E-state index contributed by atoms with van der Waals surface area (Å²) in [5, 5.41) is 19.3. The van der Waals surface area contributed by atoms with Crippen molar-refractivity contribution >= 4 is 54.1 Å². The molecule has 0 saturated heterocycles. The van der Waals surface area contributed by atoms with Gasteiger partial charge >= 0.3 is 6.36 Å². The first-order valence-electron chi connectivity index (χ1n) is 11.5. The van der Waals surface area contributed by atoms with Gasteiger partial charge < -0.3 is 25.2 Å². The van der Waals surface area contributed by atoms with Gasteiger partial charge in [-0.1, -0.05) is 24.3 Å². The van der Waals surface area contributed by atoms with Gasteiger partial charge in [0.1, 0.15) is 16.9 Å². The number of alkyl halides is 3. The Balaban J connectivity index is 1.73. The second-order valence-electron chi connectivity index (χ2n) is 8.71. The summed E-state index contributed by atoms with van der Waals surface area (Å²) in [7, 11) is 24.1. The van der Waals surface area contributed by atoms with Crippen LogP contribution in [-0.2, 0) is 5.34 Å². The molecule has 2 amide bonds. The largest absolute Gasteiger partial charge is 0.573 e. The van der Waals surface area contributed by atoms with Gasteiger partial charge in [-0.2, -0.15) is 5.10 Å². The van der Waals surface area contributed by atoms with Crippen LogP contribution in [0, 0.1) is 0 Å². The molecule has 10 nitrogen and oxygen atoms in total. The Bertz CT molecular complexity index is 1630. The van der Waals surface area contributed by atoms with Gasteiger partial charge in [-0.05, 0) is 35.2 Å². The fraction of sp³-hybridized carbons (Fsp3) is 0.167. The van der Waals surface area contributed by atoms with Gasteiger partial charge in [0.15, 0.2) is 21.4 Å². The number of hydrogen-bond donors (Lipinski definition) is 4. The molecular formula is C24H16B4F3N5O5. The minimum absolute atomic E-state index is 0.165. The number of benzene rings is 2. The van der Waals surface area contributed by atoms with Gasteiger partial charge in [0.05, 0.1) is 21.2 Å². The molecule has 4 rings (SSSR count). The normalized spacial score (nSPS) is 12.1. The monoisotopic (exact) mass is 555 g/mol. The first kappa shape index (κ1) is 29.6. The average molecular weight is 555 g/mol. The maximum atomic E-state index is 13.4. The fourth-order valence-corrected chi connectivity index (χ4v) is 3.84. The van der Waals surface area contributed by atoms with E-state index in [2.05, 4.69) is 30.6 Å². The zero-order valence-electron chi connectivity index (χ0n) is 21.1. The van der Waals surface area contributed by atoms with E-state index in [1.807, 2.05) is 0 Å². The molecule has 0 fully saturated rings.